The van der Waals surface area contributed by atoms with Crippen molar-refractivity contribution in [3.05, 3.63) is 46.1 Å². The Balaban J connectivity index is 1.65. The van der Waals surface area contributed by atoms with Crippen molar-refractivity contribution in [2.45, 2.75) is 169 Å². The van der Waals surface area contributed by atoms with Crippen LogP contribution in [0.1, 0.15) is 108 Å². The molecule has 3 fully saturated rings. The molecule has 0 N–H and O–H groups in total. The molecule has 0 amide bonds. The maximum absolute atomic E-state index is 12.4. The van der Waals surface area contributed by atoms with Crippen LogP contribution < -0.4 is 0 Å². The Hall–Kier alpha value is -0.823. The van der Waals surface area contributed by atoms with Gasteiger partial charge in [0.05, 0.1) is 55.3 Å². The van der Waals surface area contributed by atoms with E-state index in [-0.39, 0.29) is 59.0 Å². The predicted molar refractivity (Wildman–Crippen MR) is 210 cm³/mol. The van der Waals surface area contributed by atoms with Crippen LogP contribution in [0.15, 0.2) is 46.1 Å². The van der Waals surface area contributed by atoms with E-state index in [1.807, 2.05) is 34.6 Å². The molecule has 3 heterocycles. The first-order valence-corrected chi connectivity index (χ1v) is 22.5. The van der Waals surface area contributed by atoms with Crippen molar-refractivity contribution in [1.82, 2.24) is 0 Å². The summed E-state index contributed by atoms with van der Waals surface area (Å²) in [5, 5.41) is 0.165. The van der Waals surface area contributed by atoms with Crippen LogP contribution >= 0.6 is 22.6 Å². The van der Waals surface area contributed by atoms with Gasteiger partial charge in [-0.2, -0.15) is 0 Å². The number of carbonyl (C=O) groups is 1. The molecule has 0 radical (unpaired) electrons. The summed E-state index contributed by atoms with van der Waals surface area (Å²) in [6.45, 7) is 28.6. The third-order valence-corrected chi connectivity index (χ3v) is 15.8. The summed E-state index contributed by atoms with van der Waals surface area (Å²) in [6, 6.07) is 0. The van der Waals surface area contributed by atoms with Crippen molar-refractivity contribution in [3.8, 4) is 0 Å². The molecule has 0 aromatic rings. The van der Waals surface area contributed by atoms with Gasteiger partial charge in [-0.05, 0) is 83.0 Å². The third kappa shape index (κ3) is 12.1. The van der Waals surface area contributed by atoms with Gasteiger partial charge in [-0.25, -0.2) is 0 Å². The molecule has 7 nitrogen and oxygen atoms in total. The molecule has 3 rings (SSSR count). The molecule has 0 aliphatic carbocycles. The highest BCUT2D eigenvalue weighted by molar-refractivity contribution is 14.1. The zero-order chi connectivity index (χ0) is 36.8. The molecule has 280 valence electrons. The Bertz CT molecular complexity index is 1210. The first kappa shape index (κ1) is 42.6. The van der Waals surface area contributed by atoms with E-state index in [2.05, 4.69) is 118 Å². The Kier molecular flexibility index (Phi) is 15.1. The SMILES string of the molecule is CC(=C/[C@H]1O[C@@H](C/C=C/I)C[C@H](O[Si](C)(C)C(C)(C)C)[C@H]1C)/C=C/C/C=C/[C@@H]1C[C@H]2OC(C)(C)OC[C@@]2(C)[C@H](CCOC(=O)C(C)(C)C)O1. The summed E-state index contributed by atoms with van der Waals surface area (Å²) in [4.78, 5) is 12.4. The number of ether oxygens (including phenoxy) is 5. The Morgan fingerprint density at radius 2 is 1.71 bits per heavy atom. The lowest BCUT2D eigenvalue weighted by Crippen LogP contribution is -2.61. The molecule has 0 aromatic heterocycles. The maximum Gasteiger partial charge on any atom is 0.311 e. The summed E-state index contributed by atoms with van der Waals surface area (Å²) < 4.78 is 40.5. The first-order valence-electron chi connectivity index (χ1n) is 18.3. The molecule has 0 unspecified atom stereocenters. The van der Waals surface area contributed by atoms with Crippen LogP contribution in [0, 0.1) is 16.7 Å². The number of rotatable bonds is 12. The number of hydrogen-bond acceptors (Lipinski definition) is 7. The van der Waals surface area contributed by atoms with Crippen LogP contribution in [0.5, 0.6) is 0 Å². The van der Waals surface area contributed by atoms with Crippen molar-refractivity contribution in [3.63, 3.8) is 0 Å². The van der Waals surface area contributed by atoms with E-state index in [0.29, 0.717) is 19.6 Å². The van der Waals surface area contributed by atoms with E-state index in [9.17, 15) is 4.79 Å². The van der Waals surface area contributed by atoms with Gasteiger partial charge in [-0.15, -0.1) is 0 Å². The second-order valence-electron chi connectivity index (χ2n) is 17.7. The number of carbonyl (C=O) groups excluding carboxylic acids is 1. The van der Waals surface area contributed by atoms with Crippen LogP contribution in [0.4, 0.5) is 0 Å². The van der Waals surface area contributed by atoms with Gasteiger partial charge in [0, 0.05) is 24.2 Å². The first-order chi connectivity index (χ1) is 22.6. The monoisotopic (exact) mass is 814 g/mol. The van der Waals surface area contributed by atoms with Gasteiger partial charge >= 0.3 is 5.97 Å². The van der Waals surface area contributed by atoms with Crippen molar-refractivity contribution in [1.29, 1.82) is 0 Å². The maximum atomic E-state index is 12.4. The molecule has 49 heavy (non-hydrogen) atoms. The Morgan fingerprint density at radius 1 is 1.02 bits per heavy atom. The van der Waals surface area contributed by atoms with Crippen molar-refractivity contribution in [2.24, 2.45) is 16.7 Å². The number of esters is 1. The van der Waals surface area contributed by atoms with Crippen LogP contribution in [-0.4, -0.2) is 69.9 Å². The minimum atomic E-state index is -1.91. The van der Waals surface area contributed by atoms with E-state index >= 15 is 0 Å². The zero-order valence-electron chi connectivity index (χ0n) is 32.8. The van der Waals surface area contributed by atoms with E-state index in [1.165, 1.54) is 5.57 Å². The topological polar surface area (TPSA) is 72.5 Å². The normalized spacial score (nSPS) is 33.3. The quantitative estimate of drug-likeness (QED) is 0.0639. The molecule has 0 bridgehead atoms. The lowest BCUT2D eigenvalue weighted by molar-refractivity contribution is -0.351. The highest BCUT2D eigenvalue weighted by Gasteiger charge is 2.53. The van der Waals surface area contributed by atoms with Gasteiger partial charge in [0.25, 0.3) is 0 Å². The largest absolute Gasteiger partial charge is 0.465 e. The predicted octanol–water partition coefficient (Wildman–Crippen LogP) is 10.3. The molecule has 3 aliphatic heterocycles. The van der Waals surface area contributed by atoms with Crippen LogP contribution in [0.2, 0.25) is 18.1 Å². The van der Waals surface area contributed by atoms with Gasteiger partial charge in [0.1, 0.15) is 0 Å². The summed E-state index contributed by atoms with van der Waals surface area (Å²) in [6.07, 6.45) is 17.2. The number of allylic oxidation sites excluding steroid dienone is 4. The standard InChI is InChI=1S/C40H67IO7Si/c1-28(24-32-29(2)33(25-30(45-32)20-17-22-41)48-49(12,13)38(6,7)8)18-15-14-16-19-31-26-35-40(11,27-44-39(9,10)47-35)34(46-31)21-23-43-36(42)37(3,4)5/h15-19,22,24,29-35H,14,20-21,23,25-27H2,1-13H3/b18-15+,19-16+,22-17+,28-24-/t29-,30-,31+,32+,33-,34-,35+,40-/m0/s1. The number of hydrogen-bond donors (Lipinski definition) is 0. The van der Waals surface area contributed by atoms with Gasteiger partial charge in [-0.1, -0.05) is 99.2 Å². The smallest absolute Gasteiger partial charge is 0.311 e. The van der Waals surface area contributed by atoms with Gasteiger partial charge in [0.15, 0.2) is 14.1 Å². The van der Waals surface area contributed by atoms with Crippen LogP contribution in [-0.2, 0) is 32.9 Å². The Morgan fingerprint density at radius 3 is 2.35 bits per heavy atom. The highest BCUT2D eigenvalue weighted by atomic mass is 127. The molecule has 0 saturated carbocycles. The summed E-state index contributed by atoms with van der Waals surface area (Å²) in [7, 11) is -1.91. The van der Waals surface area contributed by atoms with E-state index in [1.54, 1.807) is 0 Å². The molecule has 9 heteroatoms. The minimum Gasteiger partial charge on any atom is -0.465 e. The van der Waals surface area contributed by atoms with E-state index in [4.69, 9.17) is 28.1 Å². The fourth-order valence-electron chi connectivity index (χ4n) is 6.40. The molecular weight excluding hydrogens is 747 g/mol. The fourth-order valence-corrected chi connectivity index (χ4v) is 8.12. The molecule has 8 atom stereocenters. The molecule has 3 aliphatic rings. The summed E-state index contributed by atoms with van der Waals surface area (Å²) in [5.74, 6) is -0.575. The second kappa shape index (κ2) is 17.3. The zero-order valence-corrected chi connectivity index (χ0v) is 35.9. The van der Waals surface area contributed by atoms with Gasteiger partial charge < -0.3 is 28.1 Å². The molecular formula is C40H67IO7Si. The number of halogens is 1. The van der Waals surface area contributed by atoms with Gasteiger partial charge in [0.2, 0.25) is 0 Å². The lowest BCUT2D eigenvalue weighted by atomic mass is 9.73. The number of fused-ring (bicyclic) bond motifs is 1. The van der Waals surface area contributed by atoms with Crippen molar-refractivity contribution < 1.29 is 32.9 Å². The molecule has 3 saturated heterocycles. The van der Waals surface area contributed by atoms with E-state index in [0.717, 1.165) is 25.7 Å². The van der Waals surface area contributed by atoms with Crippen molar-refractivity contribution in [2.75, 3.05) is 13.2 Å². The van der Waals surface area contributed by atoms with Crippen LogP contribution in [0.25, 0.3) is 0 Å². The third-order valence-electron chi connectivity index (χ3n) is 10.8. The fraction of sp³-hybridized carbons (Fsp3) is 0.775. The average molecular weight is 815 g/mol. The van der Waals surface area contributed by atoms with Crippen LogP contribution in [0.3, 0.4) is 0 Å². The lowest BCUT2D eigenvalue weighted by Gasteiger charge is -2.54. The van der Waals surface area contributed by atoms with Crippen molar-refractivity contribution >= 4 is 36.9 Å². The minimum absolute atomic E-state index is 0.00426. The summed E-state index contributed by atoms with van der Waals surface area (Å²) in [5.41, 5.74) is 0.327. The van der Waals surface area contributed by atoms with E-state index < -0.39 is 19.5 Å². The second-order valence-corrected chi connectivity index (χ2v) is 23.2. The Labute approximate surface area is 313 Å². The summed E-state index contributed by atoms with van der Waals surface area (Å²) >= 11 is 2.28. The molecule has 0 aromatic carbocycles. The highest BCUT2D eigenvalue weighted by Crippen LogP contribution is 2.46. The van der Waals surface area contributed by atoms with Gasteiger partial charge in [-0.3, -0.25) is 4.79 Å². The average Bonchev–Trinajstić information content (AvgIpc) is 2.97. The molecule has 0 spiro atoms.